The summed E-state index contributed by atoms with van der Waals surface area (Å²) in [6.45, 7) is 5.74. The van der Waals surface area contributed by atoms with Crippen molar-refractivity contribution in [2.24, 2.45) is 5.92 Å². The van der Waals surface area contributed by atoms with E-state index in [0.29, 0.717) is 21.5 Å². The zero-order valence-corrected chi connectivity index (χ0v) is 15.2. The summed E-state index contributed by atoms with van der Waals surface area (Å²) < 4.78 is 16.4. The molecule has 0 radical (unpaired) electrons. The first-order valence-corrected chi connectivity index (χ1v) is 8.06. The average Bonchev–Trinajstić information content (AvgIpc) is 2.53. The van der Waals surface area contributed by atoms with E-state index in [1.54, 1.807) is 19.1 Å². The lowest BCUT2D eigenvalue weighted by atomic mass is 9.89. The average molecular weight is 399 g/mol. The van der Waals surface area contributed by atoms with E-state index in [9.17, 15) is 9.59 Å². The van der Waals surface area contributed by atoms with E-state index in [4.69, 9.17) is 14.2 Å². The molecule has 2 rings (SSSR count). The van der Waals surface area contributed by atoms with E-state index in [2.05, 4.69) is 33.1 Å². The molecule has 0 saturated carbocycles. The molecule has 0 aliphatic carbocycles. The van der Waals surface area contributed by atoms with Gasteiger partial charge in [0.1, 0.15) is 5.92 Å². The number of rotatable bonds is 5. The third-order valence-electron chi connectivity index (χ3n) is 3.62. The normalized spacial score (nSPS) is 20.0. The second-order valence-corrected chi connectivity index (χ2v) is 5.92. The number of esters is 1. The number of methoxy groups -OCH3 is 2. The van der Waals surface area contributed by atoms with Gasteiger partial charge in [0, 0.05) is 5.70 Å². The van der Waals surface area contributed by atoms with Crippen LogP contribution in [-0.4, -0.2) is 32.8 Å². The van der Waals surface area contributed by atoms with Crippen LogP contribution in [0.25, 0.3) is 0 Å². The third kappa shape index (κ3) is 3.48. The fraction of sp³-hybridized carbons (Fsp3) is 0.375. The summed E-state index contributed by atoms with van der Waals surface area (Å²) in [5.74, 6) is -0.227. The fourth-order valence-corrected chi connectivity index (χ4v) is 3.21. The van der Waals surface area contributed by atoms with Gasteiger partial charge in [0.25, 0.3) is 0 Å². The van der Waals surface area contributed by atoms with Crippen LogP contribution in [-0.2, 0) is 9.53 Å². The van der Waals surface area contributed by atoms with E-state index < -0.39 is 24.0 Å². The van der Waals surface area contributed by atoms with Gasteiger partial charge in [-0.2, -0.15) is 0 Å². The Morgan fingerprint density at radius 2 is 2.04 bits per heavy atom. The molecule has 2 amide bonds. The predicted octanol–water partition coefficient (Wildman–Crippen LogP) is 2.51. The minimum atomic E-state index is -0.757. The maximum Gasteiger partial charge on any atom is 0.319 e. The van der Waals surface area contributed by atoms with Crippen LogP contribution >= 0.6 is 15.9 Å². The molecule has 7 nitrogen and oxygen atoms in total. The van der Waals surface area contributed by atoms with Crippen molar-refractivity contribution >= 4 is 27.9 Å². The highest BCUT2D eigenvalue weighted by atomic mass is 79.9. The van der Waals surface area contributed by atoms with Crippen LogP contribution in [0.3, 0.4) is 0 Å². The molecular weight excluding hydrogens is 380 g/mol. The molecule has 1 saturated heterocycles. The van der Waals surface area contributed by atoms with Crippen molar-refractivity contribution in [3.8, 4) is 11.5 Å². The number of hydrogen-bond donors (Lipinski definition) is 2. The van der Waals surface area contributed by atoms with Crippen molar-refractivity contribution in [1.29, 1.82) is 0 Å². The summed E-state index contributed by atoms with van der Waals surface area (Å²) in [5.41, 5.74) is 0.946. The maximum absolute atomic E-state index is 12.3. The van der Waals surface area contributed by atoms with Crippen LogP contribution in [0.1, 0.15) is 18.5 Å². The Bertz CT molecular complexity index is 677. The first-order chi connectivity index (χ1) is 11.4. The third-order valence-corrected chi connectivity index (χ3v) is 4.21. The zero-order chi connectivity index (χ0) is 17.9. The molecule has 130 valence electrons. The molecular formula is C16H19BrN2O5. The van der Waals surface area contributed by atoms with E-state index in [-0.39, 0.29) is 12.3 Å². The van der Waals surface area contributed by atoms with E-state index in [1.807, 2.05) is 0 Å². The molecule has 8 heteroatoms. The predicted molar refractivity (Wildman–Crippen MR) is 90.9 cm³/mol. The van der Waals surface area contributed by atoms with E-state index in [0.717, 1.165) is 0 Å². The van der Waals surface area contributed by atoms with Gasteiger partial charge >= 0.3 is 12.0 Å². The molecule has 2 atom stereocenters. The van der Waals surface area contributed by atoms with Gasteiger partial charge in [-0.1, -0.05) is 6.58 Å². The molecule has 1 heterocycles. The van der Waals surface area contributed by atoms with E-state index >= 15 is 0 Å². The van der Waals surface area contributed by atoms with Gasteiger partial charge in [-0.25, -0.2) is 4.79 Å². The number of nitrogens with one attached hydrogen (secondary N) is 2. The van der Waals surface area contributed by atoms with Crippen LogP contribution < -0.4 is 20.1 Å². The van der Waals surface area contributed by atoms with Crippen molar-refractivity contribution in [3.63, 3.8) is 0 Å². The first-order valence-electron chi connectivity index (χ1n) is 7.27. The minimum absolute atomic E-state index is 0.235. The number of amides is 2. The lowest BCUT2D eigenvalue weighted by molar-refractivity contribution is -0.147. The smallest absolute Gasteiger partial charge is 0.319 e. The Morgan fingerprint density at radius 3 is 2.62 bits per heavy atom. The van der Waals surface area contributed by atoms with Gasteiger partial charge in [-0.05, 0) is 40.5 Å². The van der Waals surface area contributed by atoms with Gasteiger partial charge < -0.3 is 24.8 Å². The molecule has 1 fully saturated rings. The molecule has 1 aliphatic heterocycles. The minimum Gasteiger partial charge on any atom is -0.493 e. The van der Waals surface area contributed by atoms with Gasteiger partial charge in [0.05, 0.1) is 31.3 Å². The van der Waals surface area contributed by atoms with Crippen molar-refractivity contribution < 1.29 is 23.8 Å². The summed E-state index contributed by atoms with van der Waals surface area (Å²) in [4.78, 5) is 24.2. The SMILES string of the molecule is C=C1NC(=O)NC(c2cc(Br)c(OC)c(OC)c2)C1C(=O)OCC. The Labute approximate surface area is 148 Å². The highest BCUT2D eigenvalue weighted by molar-refractivity contribution is 9.10. The van der Waals surface area contributed by atoms with Crippen LogP contribution in [0.2, 0.25) is 0 Å². The highest BCUT2D eigenvalue weighted by Crippen LogP contribution is 2.40. The Kier molecular flexibility index (Phi) is 5.71. The van der Waals surface area contributed by atoms with Crippen molar-refractivity contribution in [2.45, 2.75) is 13.0 Å². The number of halogens is 1. The molecule has 0 aromatic heterocycles. The zero-order valence-electron chi connectivity index (χ0n) is 13.6. The molecule has 1 aromatic carbocycles. The van der Waals surface area contributed by atoms with Crippen molar-refractivity contribution in [1.82, 2.24) is 10.6 Å². The van der Waals surface area contributed by atoms with Gasteiger partial charge in [-0.3, -0.25) is 4.79 Å². The first kappa shape index (κ1) is 18.1. The summed E-state index contributed by atoms with van der Waals surface area (Å²) in [5, 5.41) is 5.26. The molecule has 24 heavy (non-hydrogen) atoms. The molecule has 2 unspecified atom stereocenters. The van der Waals surface area contributed by atoms with Gasteiger partial charge in [-0.15, -0.1) is 0 Å². The summed E-state index contributed by atoms with van der Waals surface area (Å²) >= 11 is 3.41. The molecule has 1 aliphatic rings. The standard InChI is InChI=1S/C16H19BrN2O5/c1-5-24-15(20)12-8(2)18-16(21)19-13(12)9-6-10(17)14(23-4)11(7-9)22-3/h6-7,12-13H,2,5H2,1,3-4H3,(H2,18,19,21). The topological polar surface area (TPSA) is 85.9 Å². The molecule has 1 aromatic rings. The molecule has 0 spiro atoms. The van der Waals surface area contributed by atoms with Crippen LogP contribution in [0, 0.1) is 5.92 Å². The fourth-order valence-electron chi connectivity index (χ4n) is 2.59. The molecule has 2 N–H and O–H groups in total. The van der Waals surface area contributed by atoms with Crippen LogP contribution in [0.5, 0.6) is 11.5 Å². The number of ether oxygens (including phenoxy) is 3. The van der Waals surface area contributed by atoms with E-state index in [1.165, 1.54) is 14.2 Å². The Morgan fingerprint density at radius 1 is 1.33 bits per heavy atom. The molecule has 0 bridgehead atoms. The second kappa shape index (κ2) is 7.57. The summed E-state index contributed by atoms with van der Waals surface area (Å²) in [7, 11) is 3.04. The monoisotopic (exact) mass is 398 g/mol. The van der Waals surface area contributed by atoms with Gasteiger partial charge in [0.2, 0.25) is 0 Å². The lowest BCUT2D eigenvalue weighted by Gasteiger charge is -2.33. The number of carbonyl (C=O) groups is 2. The quantitative estimate of drug-likeness (QED) is 0.744. The Hall–Kier alpha value is -2.22. The summed E-state index contributed by atoms with van der Waals surface area (Å²) in [6.07, 6.45) is 0. The number of urea groups is 1. The second-order valence-electron chi connectivity index (χ2n) is 5.07. The number of hydrogen-bond acceptors (Lipinski definition) is 5. The van der Waals surface area contributed by atoms with Crippen molar-refractivity contribution in [2.75, 3.05) is 20.8 Å². The summed E-state index contributed by atoms with van der Waals surface area (Å²) in [6, 6.07) is 2.40. The van der Waals surface area contributed by atoms with Crippen LogP contribution in [0.15, 0.2) is 28.9 Å². The van der Waals surface area contributed by atoms with Crippen LogP contribution in [0.4, 0.5) is 4.79 Å². The van der Waals surface area contributed by atoms with Crippen molar-refractivity contribution in [3.05, 3.63) is 34.4 Å². The largest absolute Gasteiger partial charge is 0.493 e. The Balaban J connectivity index is 2.49. The highest BCUT2D eigenvalue weighted by Gasteiger charge is 2.39. The number of carbonyl (C=O) groups excluding carboxylic acids is 2. The number of benzene rings is 1. The lowest BCUT2D eigenvalue weighted by Crippen LogP contribution is -2.51. The van der Waals surface area contributed by atoms with Gasteiger partial charge in [0.15, 0.2) is 11.5 Å². The maximum atomic E-state index is 12.3.